The second kappa shape index (κ2) is 7.52. The van der Waals surface area contributed by atoms with Gasteiger partial charge in [0, 0.05) is 18.8 Å². The summed E-state index contributed by atoms with van der Waals surface area (Å²) < 4.78 is 5.91. The molecule has 3 aromatic rings. The van der Waals surface area contributed by atoms with Crippen molar-refractivity contribution in [2.75, 3.05) is 13.1 Å². The molecule has 0 aliphatic carbocycles. The molecule has 1 aliphatic rings. The van der Waals surface area contributed by atoms with Crippen molar-refractivity contribution in [2.24, 2.45) is 0 Å². The summed E-state index contributed by atoms with van der Waals surface area (Å²) in [6.45, 7) is 1.39. The van der Waals surface area contributed by atoms with E-state index in [2.05, 4.69) is 28.2 Å². The molecule has 1 unspecified atom stereocenters. The van der Waals surface area contributed by atoms with Crippen LogP contribution in [0.5, 0.6) is 5.88 Å². The Balaban J connectivity index is 1.44. The van der Waals surface area contributed by atoms with Gasteiger partial charge in [0.25, 0.3) is 0 Å². The van der Waals surface area contributed by atoms with Crippen molar-refractivity contribution in [3.8, 4) is 5.88 Å². The van der Waals surface area contributed by atoms with Gasteiger partial charge in [-0.3, -0.25) is 4.79 Å². The van der Waals surface area contributed by atoms with Crippen molar-refractivity contribution in [1.29, 1.82) is 0 Å². The third-order valence-electron chi connectivity index (χ3n) is 4.79. The van der Waals surface area contributed by atoms with Gasteiger partial charge in [-0.1, -0.05) is 42.5 Å². The van der Waals surface area contributed by atoms with Crippen molar-refractivity contribution in [3.05, 3.63) is 66.6 Å². The molecule has 4 rings (SSSR count). The van der Waals surface area contributed by atoms with Gasteiger partial charge in [0.15, 0.2) is 0 Å². The molecular formula is C21H21N3O2. The highest BCUT2D eigenvalue weighted by Gasteiger charge is 2.25. The predicted octanol–water partition coefficient (Wildman–Crippen LogP) is 3.24. The van der Waals surface area contributed by atoms with Crippen molar-refractivity contribution in [3.63, 3.8) is 0 Å². The topological polar surface area (TPSA) is 55.3 Å². The lowest BCUT2D eigenvalue weighted by Crippen LogP contribution is -2.45. The largest absolute Gasteiger partial charge is 0.472 e. The summed E-state index contributed by atoms with van der Waals surface area (Å²) in [5.41, 5.74) is 1.08. The molecule has 0 saturated carbocycles. The summed E-state index contributed by atoms with van der Waals surface area (Å²) in [5.74, 6) is 0.714. The molecular weight excluding hydrogens is 326 g/mol. The van der Waals surface area contributed by atoms with E-state index in [1.54, 1.807) is 12.3 Å². The maximum absolute atomic E-state index is 12.9. The van der Waals surface area contributed by atoms with Gasteiger partial charge >= 0.3 is 0 Å². The highest BCUT2D eigenvalue weighted by atomic mass is 16.5. The maximum atomic E-state index is 12.9. The molecule has 0 radical (unpaired) electrons. The maximum Gasteiger partial charge on any atom is 0.227 e. The Hall–Kier alpha value is -2.95. The molecule has 1 fully saturated rings. The number of amides is 1. The number of hydrogen-bond donors (Lipinski definition) is 0. The van der Waals surface area contributed by atoms with Gasteiger partial charge in [0.2, 0.25) is 11.8 Å². The van der Waals surface area contributed by atoms with E-state index in [1.807, 2.05) is 29.2 Å². The lowest BCUT2D eigenvalue weighted by atomic mass is 10.0. The summed E-state index contributed by atoms with van der Waals surface area (Å²) in [5, 5.41) is 2.32. The van der Waals surface area contributed by atoms with E-state index in [9.17, 15) is 4.79 Å². The van der Waals surface area contributed by atoms with Crippen LogP contribution in [0.4, 0.5) is 0 Å². The number of nitrogens with zero attached hydrogens (tertiary/aromatic N) is 3. The smallest absolute Gasteiger partial charge is 0.227 e. The van der Waals surface area contributed by atoms with Crippen molar-refractivity contribution >= 4 is 16.7 Å². The number of aromatic nitrogens is 2. The second-order valence-electron chi connectivity index (χ2n) is 6.58. The van der Waals surface area contributed by atoms with E-state index in [-0.39, 0.29) is 12.0 Å². The normalized spacial score (nSPS) is 17.2. The number of carbonyl (C=O) groups is 1. The summed E-state index contributed by atoms with van der Waals surface area (Å²) >= 11 is 0. The van der Waals surface area contributed by atoms with E-state index >= 15 is 0 Å². The fourth-order valence-electron chi connectivity index (χ4n) is 3.50. The number of hydrogen-bond acceptors (Lipinski definition) is 4. The molecule has 5 nitrogen and oxygen atoms in total. The minimum atomic E-state index is -0.0184. The number of piperidine rings is 1. The lowest BCUT2D eigenvalue weighted by molar-refractivity contribution is -0.133. The Morgan fingerprint density at radius 3 is 2.92 bits per heavy atom. The molecule has 1 aliphatic heterocycles. The monoisotopic (exact) mass is 347 g/mol. The van der Waals surface area contributed by atoms with Crippen LogP contribution in [-0.2, 0) is 11.2 Å². The van der Waals surface area contributed by atoms with Crippen LogP contribution in [0.3, 0.4) is 0 Å². The Bertz CT molecular complexity index is 893. The summed E-state index contributed by atoms with van der Waals surface area (Å²) in [6, 6.07) is 16.1. The first-order valence-electron chi connectivity index (χ1n) is 8.97. The van der Waals surface area contributed by atoms with E-state index < -0.39 is 0 Å². The van der Waals surface area contributed by atoms with Gasteiger partial charge in [0.05, 0.1) is 13.0 Å². The second-order valence-corrected chi connectivity index (χ2v) is 6.58. The zero-order chi connectivity index (χ0) is 17.8. The van der Waals surface area contributed by atoms with Crippen LogP contribution >= 0.6 is 0 Å². The Labute approximate surface area is 152 Å². The first kappa shape index (κ1) is 16.5. The molecule has 26 heavy (non-hydrogen) atoms. The zero-order valence-corrected chi connectivity index (χ0v) is 14.5. The van der Waals surface area contributed by atoms with Crippen LogP contribution in [0.15, 0.2) is 61.1 Å². The Kier molecular flexibility index (Phi) is 4.78. The molecule has 1 aromatic heterocycles. The molecule has 2 aromatic carbocycles. The molecule has 0 spiro atoms. The summed E-state index contributed by atoms with van der Waals surface area (Å²) in [4.78, 5) is 22.8. The lowest BCUT2D eigenvalue weighted by Gasteiger charge is -2.32. The van der Waals surface area contributed by atoms with Crippen molar-refractivity contribution < 1.29 is 9.53 Å². The molecule has 0 N–H and O–H groups in total. The number of carbonyl (C=O) groups excluding carboxylic acids is 1. The molecule has 0 bridgehead atoms. The number of benzene rings is 2. The van der Waals surface area contributed by atoms with E-state index in [4.69, 9.17) is 4.74 Å². The van der Waals surface area contributed by atoms with Crippen LogP contribution in [-0.4, -0.2) is 40.0 Å². The zero-order valence-electron chi connectivity index (χ0n) is 14.5. The average Bonchev–Trinajstić information content (AvgIpc) is 2.69. The van der Waals surface area contributed by atoms with Gasteiger partial charge < -0.3 is 9.64 Å². The highest BCUT2D eigenvalue weighted by molar-refractivity contribution is 5.90. The third-order valence-corrected chi connectivity index (χ3v) is 4.79. The minimum absolute atomic E-state index is 0.0184. The summed E-state index contributed by atoms with van der Waals surface area (Å²) in [7, 11) is 0. The summed E-state index contributed by atoms with van der Waals surface area (Å²) in [6.07, 6.45) is 5.41. The quantitative estimate of drug-likeness (QED) is 0.727. The third kappa shape index (κ3) is 3.67. The predicted molar refractivity (Wildman–Crippen MR) is 99.9 cm³/mol. The molecule has 2 heterocycles. The Morgan fingerprint density at radius 1 is 1.15 bits per heavy atom. The van der Waals surface area contributed by atoms with Crippen molar-refractivity contribution in [2.45, 2.75) is 25.4 Å². The van der Waals surface area contributed by atoms with Gasteiger partial charge in [-0.2, -0.15) is 0 Å². The van der Waals surface area contributed by atoms with Crippen LogP contribution in [0.2, 0.25) is 0 Å². The van der Waals surface area contributed by atoms with Gasteiger partial charge in [0.1, 0.15) is 12.4 Å². The molecule has 1 saturated heterocycles. The van der Waals surface area contributed by atoms with Gasteiger partial charge in [-0.15, -0.1) is 0 Å². The number of rotatable bonds is 4. The van der Waals surface area contributed by atoms with E-state index in [1.165, 1.54) is 11.7 Å². The van der Waals surface area contributed by atoms with Gasteiger partial charge in [-0.25, -0.2) is 9.97 Å². The average molecular weight is 347 g/mol. The van der Waals surface area contributed by atoms with Crippen LogP contribution in [0.25, 0.3) is 10.8 Å². The van der Waals surface area contributed by atoms with Crippen LogP contribution in [0.1, 0.15) is 18.4 Å². The molecule has 1 atom stereocenters. The fourth-order valence-corrected chi connectivity index (χ4v) is 3.50. The Morgan fingerprint density at radius 2 is 2.04 bits per heavy atom. The van der Waals surface area contributed by atoms with Gasteiger partial charge in [-0.05, 0) is 29.2 Å². The van der Waals surface area contributed by atoms with Crippen molar-refractivity contribution in [1.82, 2.24) is 14.9 Å². The molecule has 1 amide bonds. The number of likely N-dealkylation sites (tertiary alicyclic amines) is 1. The number of fused-ring (bicyclic) bond motifs is 1. The fraction of sp³-hybridized carbons (Fsp3) is 0.286. The molecule has 132 valence electrons. The number of ether oxygens (including phenoxy) is 1. The van der Waals surface area contributed by atoms with Crippen LogP contribution < -0.4 is 4.74 Å². The van der Waals surface area contributed by atoms with Crippen LogP contribution in [0, 0.1) is 0 Å². The SMILES string of the molecule is O=C(Cc1cccc2ccccc12)N1CCCC(Oc2ccncn2)C1. The van der Waals surface area contributed by atoms with E-state index in [0.717, 1.165) is 30.3 Å². The standard InChI is InChI=1S/C21H21N3O2/c25-21(13-17-7-3-6-16-5-1-2-9-19(16)17)24-12-4-8-18(14-24)26-20-10-11-22-15-23-20/h1-3,5-7,9-11,15,18H,4,8,12-14H2. The minimum Gasteiger partial charge on any atom is -0.472 e. The van der Waals surface area contributed by atoms with E-state index in [0.29, 0.717) is 18.8 Å². The first-order valence-corrected chi connectivity index (χ1v) is 8.97. The highest BCUT2D eigenvalue weighted by Crippen LogP contribution is 2.21. The molecule has 5 heteroatoms. The first-order chi connectivity index (χ1) is 12.8.